The number of hydrogen-bond acceptors (Lipinski definition) is 4. The molecule has 0 saturated heterocycles. The van der Waals surface area contributed by atoms with Crippen LogP contribution in [-0.4, -0.2) is 26.6 Å². The molecule has 4 rings (SSSR count). The Morgan fingerprint density at radius 2 is 1.71 bits per heavy atom. The minimum Gasteiger partial charge on any atom is -0.444 e. The summed E-state index contributed by atoms with van der Waals surface area (Å²) in [6.45, 7) is 5.25. The van der Waals surface area contributed by atoms with Crippen LogP contribution in [0.4, 0.5) is 15.0 Å². The molecule has 0 aliphatic rings. The molecule has 0 aliphatic heterocycles. The van der Waals surface area contributed by atoms with Crippen LogP contribution in [0.3, 0.4) is 0 Å². The highest BCUT2D eigenvalue weighted by Gasteiger charge is 2.20. The number of benzene rings is 1. The van der Waals surface area contributed by atoms with Gasteiger partial charge in [-0.1, -0.05) is 0 Å². The number of anilines is 1. The second kappa shape index (κ2) is 7.71. The lowest BCUT2D eigenvalue weighted by Crippen LogP contribution is -2.27. The van der Waals surface area contributed by atoms with Gasteiger partial charge < -0.3 is 14.7 Å². The Labute approximate surface area is 177 Å². The van der Waals surface area contributed by atoms with Crippen molar-refractivity contribution in [2.24, 2.45) is 0 Å². The topological polar surface area (TPSA) is 99.9 Å². The van der Waals surface area contributed by atoms with Gasteiger partial charge in [0.2, 0.25) is 0 Å². The van der Waals surface area contributed by atoms with E-state index in [1.54, 1.807) is 57.4 Å². The highest BCUT2D eigenvalue weighted by Crippen LogP contribution is 2.36. The Morgan fingerprint density at radius 3 is 2.35 bits per heavy atom. The summed E-state index contributed by atoms with van der Waals surface area (Å²) in [5.74, 6) is -0.162. The van der Waals surface area contributed by atoms with Crippen molar-refractivity contribution in [3.63, 3.8) is 0 Å². The smallest absolute Gasteiger partial charge is 0.413 e. The normalized spacial score (nSPS) is 11.5. The second-order valence-electron chi connectivity index (χ2n) is 8.04. The SMILES string of the molecule is CC(C)(C)OC(=O)Nc1cc(=O)c2c(-c3ccncc3)c(-c3ccc(F)cc3)[nH]c2[nH]1. The van der Waals surface area contributed by atoms with E-state index in [9.17, 15) is 14.0 Å². The summed E-state index contributed by atoms with van der Waals surface area (Å²) in [7, 11) is 0. The summed E-state index contributed by atoms with van der Waals surface area (Å²) in [4.78, 5) is 35.5. The van der Waals surface area contributed by atoms with Crippen LogP contribution in [0, 0.1) is 5.82 Å². The van der Waals surface area contributed by atoms with E-state index < -0.39 is 11.7 Å². The molecule has 3 N–H and O–H groups in total. The van der Waals surface area contributed by atoms with Crippen molar-refractivity contribution in [2.45, 2.75) is 26.4 Å². The lowest BCUT2D eigenvalue weighted by molar-refractivity contribution is 0.0635. The molecular formula is C23H21FN4O3. The number of hydrogen-bond donors (Lipinski definition) is 3. The first-order chi connectivity index (χ1) is 14.7. The van der Waals surface area contributed by atoms with E-state index in [-0.39, 0.29) is 17.1 Å². The first-order valence-corrected chi connectivity index (χ1v) is 9.66. The van der Waals surface area contributed by atoms with Crippen LogP contribution in [0.25, 0.3) is 33.4 Å². The average Bonchev–Trinajstić information content (AvgIpc) is 3.07. The monoisotopic (exact) mass is 420 g/mol. The summed E-state index contributed by atoms with van der Waals surface area (Å²) in [6, 6.07) is 10.9. The standard InChI is InChI=1S/C23H21FN4O3/c1-23(2,3)31-22(30)27-17-12-16(29)19-18(13-8-10-25-11-9-13)20(28-21(19)26-17)14-4-6-15(24)7-5-14/h4-12H,1-3H3,(H3,26,27,28,29,30). The first kappa shape index (κ1) is 20.3. The molecule has 0 unspecified atom stereocenters. The van der Waals surface area contributed by atoms with Crippen LogP contribution >= 0.6 is 0 Å². The quantitative estimate of drug-likeness (QED) is 0.431. The van der Waals surface area contributed by atoms with Crippen LogP contribution < -0.4 is 10.7 Å². The molecule has 7 nitrogen and oxygen atoms in total. The molecule has 1 amide bonds. The number of rotatable bonds is 3. The van der Waals surface area contributed by atoms with E-state index in [0.29, 0.717) is 27.9 Å². The first-order valence-electron chi connectivity index (χ1n) is 9.66. The summed E-state index contributed by atoms with van der Waals surface area (Å²) in [5, 5.41) is 2.97. The van der Waals surface area contributed by atoms with Crippen LogP contribution in [0.2, 0.25) is 0 Å². The molecule has 0 saturated carbocycles. The van der Waals surface area contributed by atoms with Crippen molar-refractivity contribution in [3.05, 3.63) is 70.9 Å². The van der Waals surface area contributed by atoms with Gasteiger partial charge in [-0.25, -0.2) is 9.18 Å². The van der Waals surface area contributed by atoms with E-state index in [4.69, 9.17) is 4.74 Å². The number of ether oxygens (including phenoxy) is 1. The lowest BCUT2D eigenvalue weighted by atomic mass is 9.99. The van der Waals surface area contributed by atoms with E-state index in [1.807, 2.05) is 0 Å². The van der Waals surface area contributed by atoms with Gasteiger partial charge in [-0.15, -0.1) is 0 Å². The van der Waals surface area contributed by atoms with Gasteiger partial charge in [0, 0.05) is 24.0 Å². The number of pyridine rings is 2. The van der Waals surface area contributed by atoms with Gasteiger partial charge in [0.1, 0.15) is 22.9 Å². The maximum Gasteiger partial charge on any atom is 0.413 e. The van der Waals surface area contributed by atoms with Gasteiger partial charge in [-0.05, 0) is 68.3 Å². The maximum atomic E-state index is 13.5. The zero-order valence-electron chi connectivity index (χ0n) is 17.2. The van der Waals surface area contributed by atoms with E-state index in [0.717, 1.165) is 5.56 Å². The summed E-state index contributed by atoms with van der Waals surface area (Å²) >= 11 is 0. The second-order valence-corrected chi connectivity index (χ2v) is 8.04. The zero-order chi connectivity index (χ0) is 22.2. The zero-order valence-corrected chi connectivity index (χ0v) is 17.2. The number of aromatic nitrogens is 3. The van der Waals surface area contributed by atoms with Crippen molar-refractivity contribution in [1.82, 2.24) is 15.0 Å². The molecule has 0 bridgehead atoms. The highest BCUT2D eigenvalue weighted by atomic mass is 19.1. The van der Waals surface area contributed by atoms with Gasteiger partial charge in [0.15, 0.2) is 5.43 Å². The van der Waals surface area contributed by atoms with E-state index >= 15 is 0 Å². The fourth-order valence-corrected chi connectivity index (χ4v) is 3.34. The number of halogens is 1. The number of H-pyrrole nitrogens is 2. The Balaban J connectivity index is 1.87. The van der Waals surface area contributed by atoms with Gasteiger partial charge in [0.05, 0.1) is 11.1 Å². The molecule has 31 heavy (non-hydrogen) atoms. The predicted molar refractivity (Wildman–Crippen MR) is 117 cm³/mol. The minimum absolute atomic E-state index is 0.194. The number of carbonyl (C=O) groups is 1. The molecule has 158 valence electrons. The van der Waals surface area contributed by atoms with Crippen molar-refractivity contribution in [3.8, 4) is 22.4 Å². The maximum absolute atomic E-state index is 13.5. The molecular weight excluding hydrogens is 399 g/mol. The van der Waals surface area contributed by atoms with Gasteiger partial charge in [-0.2, -0.15) is 0 Å². The van der Waals surface area contributed by atoms with Crippen LogP contribution in [-0.2, 0) is 4.74 Å². The Hall–Kier alpha value is -3.94. The summed E-state index contributed by atoms with van der Waals surface area (Å²) in [5.41, 5.74) is 2.24. The van der Waals surface area contributed by atoms with Crippen molar-refractivity contribution >= 4 is 22.9 Å². The molecule has 1 aromatic carbocycles. The van der Waals surface area contributed by atoms with Crippen LogP contribution in [0.1, 0.15) is 20.8 Å². The highest BCUT2D eigenvalue weighted by molar-refractivity contribution is 6.03. The molecule has 0 atom stereocenters. The average molecular weight is 420 g/mol. The number of amides is 1. The molecule has 3 aromatic heterocycles. The van der Waals surface area contributed by atoms with E-state index in [1.165, 1.54) is 18.2 Å². The lowest BCUT2D eigenvalue weighted by Gasteiger charge is -2.19. The number of aromatic amines is 2. The van der Waals surface area contributed by atoms with Crippen molar-refractivity contribution in [1.29, 1.82) is 0 Å². The number of nitrogens with one attached hydrogen (secondary N) is 3. The van der Waals surface area contributed by atoms with Crippen LogP contribution in [0.15, 0.2) is 59.7 Å². The molecule has 0 radical (unpaired) electrons. The third-order valence-electron chi connectivity index (χ3n) is 4.52. The largest absolute Gasteiger partial charge is 0.444 e. The van der Waals surface area contributed by atoms with Gasteiger partial charge >= 0.3 is 6.09 Å². The van der Waals surface area contributed by atoms with Crippen LogP contribution in [0.5, 0.6) is 0 Å². The molecule has 0 fully saturated rings. The number of nitrogens with zero attached hydrogens (tertiary/aromatic N) is 1. The molecule has 8 heteroatoms. The van der Waals surface area contributed by atoms with Crippen molar-refractivity contribution in [2.75, 3.05) is 5.32 Å². The third-order valence-corrected chi connectivity index (χ3v) is 4.52. The number of fused-ring (bicyclic) bond motifs is 1. The molecule has 0 spiro atoms. The number of carbonyl (C=O) groups excluding carboxylic acids is 1. The Bertz CT molecular complexity index is 1300. The van der Waals surface area contributed by atoms with Crippen molar-refractivity contribution < 1.29 is 13.9 Å². The van der Waals surface area contributed by atoms with Gasteiger partial charge in [0.25, 0.3) is 0 Å². The Morgan fingerprint density at radius 1 is 1.03 bits per heavy atom. The molecule has 3 heterocycles. The minimum atomic E-state index is -0.679. The molecule has 4 aromatic rings. The van der Waals surface area contributed by atoms with Gasteiger partial charge in [-0.3, -0.25) is 15.1 Å². The fourth-order valence-electron chi connectivity index (χ4n) is 3.34. The van der Waals surface area contributed by atoms with E-state index in [2.05, 4.69) is 20.3 Å². The predicted octanol–water partition coefficient (Wildman–Crippen LogP) is 5.07. The molecule has 0 aliphatic carbocycles. The third kappa shape index (κ3) is 4.32. The summed E-state index contributed by atoms with van der Waals surface area (Å²) < 4.78 is 18.7. The fraction of sp³-hybridized carbons (Fsp3) is 0.174. The summed E-state index contributed by atoms with van der Waals surface area (Å²) in [6.07, 6.45) is 2.59. The Kier molecular flexibility index (Phi) is 5.06.